The van der Waals surface area contributed by atoms with Gasteiger partial charge in [-0.3, -0.25) is 0 Å². The Labute approximate surface area is 139 Å². The van der Waals surface area contributed by atoms with Gasteiger partial charge in [0.2, 0.25) is 0 Å². The van der Waals surface area contributed by atoms with Crippen molar-refractivity contribution >= 4 is 25.2 Å². The SMILES string of the molecule is CC(C)c1ccccc1NC(=O)N[C@@H](C)c1ccccc1.S. The summed E-state index contributed by atoms with van der Waals surface area (Å²) in [4.78, 5) is 12.1. The van der Waals surface area contributed by atoms with E-state index in [0.717, 1.165) is 16.8 Å². The van der Waals surface area contributed by atoms with Gasteiger partial charge in [-0.05, 0) is 30.0 Å². The third kappa shape index (κ3) is 4.81. The van der Waals surface area contributed by atoms with E-state index in [0.29, 0.717) is 5.92 Å². The van der Waals surface area contributed by atoms with Crippen LogP contribution in [0.1, 0.15) is 43.9 Å². The van der Waals surface area contributed by atoms with Gasteiger partial charge in [-0.2, -0.15) is 13.5 Å². The fourth-order valence-electron chi connectivity index (χ4n) is 2.29. The van der Waals surface area contributed by atoms with Gasteiger partial charge in [-0.25, -0.2) is 4.79 Å². The number of rotatable bonds is 4. The van der Waals surface area contributed by atoms with Crippen molar-refractivity contribution in [3.05, 3.63) is 65.7 Å². The van der Waals surface area contributed by atoms with Gasteiger partial charge >= 0.3 is 6.03 Å². The number of benzene rings is 2. The van der Waals surface area contributed by atoms with Crippen LogP contribution in [0.25, 0.3) is 0 Å². The summed E-state index contributed by atoms with van der Waals surface area (Å²) in [5.74, 6) is 0.369. The number of amides is 2. The quantitative estimate of drug-likeness (QED) is 0.835. The summed E-state index contributed by atoms with van der Waals surface area (Å²) in [6.07, 6.45) is 0. The molecule has 2 aromatic rings. The number of urea groups is 1. The van der Waals surface area contributed by atoms with E-state index in [1.54, 1.807) is 0 Å². The average molecular weight is 316 g/mol. The van der Waals surface area contributed by atoms with Gasteiger partial charge < -0.3 is 10.6 Å². The van der Waals surface area contributed by atoms with Crippen LogP contribution < -0.4 is 10.6 Å². The second kappa shape index (κ2) is 8.49. The zero-order valence-electron chi connectivity index (χ0n) is 13.3. The fraction of sp³-hybridized carbons (Fsp3) is 0.278. The van der Waals surface area contributed by atoms with Gasteiger partial charge in [0.1, 0.15) is 0 Å². The van der Waals surface area contributed by atoms with Crippen molar-refractivity contribution in [1.29, 1.82) is 0 Å². The fourth-order valence-corrected chi connectivity index (χ4v) is 2.29. The lowest BCUT2D eigenvalue weighted by Gasteiger charge is -2.17. The first-order valence-electron chi connectivity index (χ1n) is 7.29. The molecule has 0 saturated carbocycles. The van der Waals surface area contributed by atoms with Crippen molar-refractivity contribution in [3.63, 3.8) is 0 Å². The molecule has 1 atom stereocenters. The molecule has 118 valence electrons. The Hall–Kier alpha value is -1.94. The number of para-hydroxylation sites is 1. The monoisotopic (exact) mass is 316 g/mol. The maximum Gasteiger partial charge on any atom is 0.319 e. The highest BCUT2D eigenvalue weighted by Crippen LogP contribution is 2.23. The smallest absolute Gasteiger partial charge is 0.319 e. The van der Waals surface area contributed by atoms with Crippen LogP contribution in [0.4, 0.5) is 10.5 Å². The van der Waals surface area contributed by atoms with Gasteiger partial charge in [0.15, 0.2) is 0 Å². The summed E-state index contributed by atoms with van der Waals surface area (Å²) in [6.45, 7) is 6.21. The van der Waals surface area contributed by atoms with E-state index < -0.39 is 0 Å². The Morgan fingerprint density at radius 2 is 1.50 bits per heavy atom. The molecule has 2 N–H and O–H groups in total. The highest BCUT2D eigenvalue weighted by atomic mass is 32.1. The summed E-state index contributed by atoms with van der Waals surface area (Å²) in [6, 6.07) is 17.6. The second-order valence-electron chi connectivity index (χ2n) is 5.47. The number of hydrogen-bond donors (Lipinski definition) is 2. The third-order valence-corrected chi connectivity index (χ3v) is 3.48. The molecule has 0 heterocycles. The zero-order valence-corrected chi connectivity index (χ0v) is 14.3. The molecule has 0 unspecified atom stereocenters. The van der Waals surface area contributed by atoms with Crippen LogP contribution in [0.5, 0.6) is 0 Å². The molecule has 2 amide bonds. The molecule has 0 bridgehead atoms. The molecule has 2 aromatic carbocycles. The zero-order chi connectivity index (χ0) is 15.2. The molecule has 4 heteroatoms. The van der Waals surface area contributed by atoms with E-state index in [2.05, 4.69) is 24.5 Å². The molecular formula is C18H24N2OS. The van der Waals surface area contributed by atoms with Crippen LogP contribution in [0, 0.1) is 0 Å². The Morgan fingerprint density at radius 1 is 0.909 bits per heavy atom. The first kappa shape index (κ1) is 18.1. The van der Waals surface area contributed by atoms with E-state index in [-0.39, 0.29) is 25.6 Å². The van der Waals surface area contributed by atoms with Gasteiger partial charge in [-0.1, -0.05) is 62.4 Å². The van der Waals surface area contributed by atoms with Crippen molar-refractivity contribution in [2.75, 3.05) is 5.32 Å². The molecule has 0 fully saturated rings. The summed E-state index contributed by atoms with van der Waals surface area (Å²) < 4.78 is 0. The number of carbonyl (C=O) groups excluding carboxylic acids is 1. The minimum atomic E-state index is -0.181. The topological polar surface area (TPSA) is 41.1 Å². The highest BCUT2D eigenvalue weighted by Gasteiger charge is 2.11. The predicted molar refractivity (Wildman–Crippen MR) is 97.9 cm³/mol. The van der Waals surface area contributed by atoms with Crippen molar-refractivity contribution in [2.45, 2.75) is 32.7 Å². The van der Waals surface area contributed by atoms with E-state index in [4.69, 9.17) is 0 Å². The summed E-state index contributed by atoms with van der Waals surface area (Å²) >= 11 is 0. The minimum absolute atomic E-state index is 0. The van der Waals surface area contributed by atoms with Crippen LogP contribution in [0.2, 0.25) is 0 Å². The van der Waals surface area contributed by atoms with Crippen LogP contribution >= 0.6 is 13.5 Å². The number of anilines is 1. The maximum absolute atomic E-state index is 12.1. The average Bonchev–Trinajstić information content (AvgIpc) is 2.48. The number of nitrogens with one attached hydrogen (secondary N) is 2. The number of carbonyl (C=O) groups is 1. The molecule has 0 saturated heterocycles. The minimum Gasteiger partial charge on any atom is -0.331 e. The Morgan fingerprint density at radius 3 is 2.14 bits per heavy atom. The van der Waals surface area contributed by atoms with Gasteiger partial charge in [-0.15, -0.1) is 0 Å². The van der Waals surface area contributed by atoms with Gasteiger partial charge in [0, 0.05) is 5.69 Å². The predicted octanol–water partition coefficient (Wildman–Crippen LogP) is 4.81. The van der Waals surface area contributed by atoms with Crippen molar-refractivity contribution in [1.82, 2.24) is 5.32 Å². The molecule has 0 aromatic heterocycles. The van der Waals surface area contributed by atoms with Crippen molar-refractivity contribution < 1.29 is 4.79 Å². The molecule has 22 heavy (non-hydrogen) atoms. The van der Waals surface area contributed by atoms with E-state index >= 15 is 0 Å². The van der Waals surface area contributed by atoms with Gasteiger partial charge in [0.25, 0.3) is 0 Å². The molecule has 0 aliphatic carbocycles. The molecule has 0 spiro atoms. The van der Waals surface area contributed by atoms with E-state index in [9.17, 15) is 4.79 Å². The highest BCUT2D eigenvalue weighted by molar-refractivity contribution is 7.59. The van der Waals surface area contributed by atoms with E-state index in [1.165, 1.54) is 0 Å². The summed E-state index contributed by atoms with van der Waals surface area (Å²) in [5, 5.41) is 5.90. The largest absolute Gasteiger partial charge is 0.331 e. The van der Waals surface area contributed by atoms with Crippen LogP contribution in [0.15, 0.2) is 54.6 Å². The lowest BCUT2D eigenvalue weighted by Crippen LogP contribution is -2.31. The lowest BCUT2D eigenvalue weighted by atomic mass is 10.0. The van der Waals surface area contributed by atoms with Crippen molar-refractivity contribution in [2.24, 2.45) is 0 Å². The van der Waals surface area contributed by atoms with E-state index in [1.807, 2.05) is 61.5 Å². The normalized spacial score (nSPS) is 11.5. The third-order valence-electron chi connectivity index (χ3n) is 3.48. The molecule has 3 nitrogen and oxygen atoms in total. The van der Waals surface area contributed by atoms with Crippen LogP contribution in [-0.2, 0) is 0 Å². The Kier molecular flexibility index (Phi) is 6.99. The lowest BCUT2D eigenvalue weighted by molar-refractivity contribution is 0.249. The molecular weight excluding hydrogens is 292 g/mol. The van der Waals surface area contributed by atoms with Crippen molar-refractivity contribution in [3.8, 4) is 0 Å². The molecule has 0 aliphatic heterocycles. The maximum atomic E-state index is 12.1. The molecule has 2 rings (SSSR count). The standard InChI is InChI=1S/C18H22N2O.H2S/c1-13(2)16-11-7-8-12-17(16)20-18(21)19-14(3)15-9-5-4-6-10-15;/h4-14H,1-3H3,(H2,19,20,21);1H2/t14-;/m0./s1. The van der Waals surface area contributed by atoms with Crippen LogP contribution in [-0.4, -0.2) is 6.03 Å². The Balaban J connectivity index is 0.00000242. The number of hydrogen-bond acceptors (Lipinski definition) is 1. The summed E-state index contributed by atoms with van der Waals surface area (Å²) in [7, 11) is 0. The molecule has 0 radical (unpaired) electrons. The molecule has 0 aliphatic rings. The van der Waals surface area contributed by atoms with Gasteiger partial charge in [0.05, 0.1) is 6.04 Å². The Bertz CT molecular complexity index is 599. The second-order valence-corrected chi connectivity index (χ2v) is 5.47. The summed E-state index contributed by atoms with van der Waals surface area (Å²) in [5.41, 5.74) is 3.09. The first-order chi connectivity index (χ1) is 10.1. The first-order valence-corrected chi connectivity index (χ1v) is 7.29. The van der Waals surface area contributed by atoms with Crippen LogP contribution in [0.3, 0.4) is 0 Å².